The highest BCUT2D eigenvalue weighted by molar-refractivity contribution is 8.00. The Bertz CT molecular complexity index is 1020. The monoisotopic (exact) mass is 406 g/mol. The van der Waals surface area contributed by atoms with Gasteiger partial charge >= 0.3 is 0 Å². The molecule has 29 heavy (non-hydrogen) atoms. The molecule has 1 fully saturated rings. The third kappa shape index (κ3) is 4.49. The Kier molecular flexibility index (Phi) is 5.62. The zero-order valence-corrected chi connectivity index (χ0v) is 16.4. The average Bonchev–Trinajstić information content (AvgIpc) is 3.11. The van der Waals surface area contributed by atoms with Gasteiger partial charge in [-0.2, -0.15) is 0 Å². The third-order valence-electron chi connectivity index (χ3n) is 4.64. The van der Waals surface area contributed by atoms with Crippen molar-refractivity contribution in [3.8, 4) is 0 Å². The van der Waals surface area contributed by atoms with Crippen LogP contribution in [0.3, 0.4) is 0 Å². The van der Waals surface area contributed by atoms with Crippen molar-refractivity contribution in [2.24, 2.45) is 0 Å². The second-order valence-electron chi connectivity index (χ2n) is 6.74. The average molecular weight is 406 g/mol. The van der Waals surface area contributed by atoms with Crippen LogP contribution in [0.5, 0.6) is 0 Å². The smallest absolute Gasteiger partial charge is 0.238 e. The van der Waals surface area contributed by atoms with Crippen molar-refractivity contribution in [2.75, 3.05) is 16.0 Å². The number of hydrogen-bond acceptors (Lipinski definition) is 3. The molecule has 0 radical (unpaired) electrons. The number of amides is 2. The van der Waals surface area contributed by atoms with E-state index >= 15 is 0 Å². The number of rotatable bonds is 5. The van der Waals surface area contributed by atoms with Gasteiger partial charge in [0, 0.05) is 11.4 Å². The number of anilines is 2. The van der Waals surface area contributed by atoms with E-state index in [9.17, 15) is 14.0 Å². The van der Waals surface area contributed by atoms with Crippen LogP contribution >= 0.6 is 11.8 Å². The molecule has 0 bridgehead atoms. The molecule has 0 aromatic heterocycles. The van der Waals surface area contributed by atoms with E-state index in [0.717, 1.165) is 11.1 Å². The van der Waals surface area contributed by atoms with Crippen LogP contribution in [-0.2, 0) is 16.0 Å². The summed E-state index contributed by atoms with van der Waals surface area (Å²) < 4.78 is 13.6. The number of halogens is 1. The number of hydrogen-bond donors (Lipinski definition) is 1. The van der Waals surface area contributed by atoms with E-state index in [2.05, 4.69) is 5.32 Å². The summed E-state index contributed by atoms with van der Waals surface area (Å²) in [6, 6.07) is 23.0. The molecule has 4 nitrogen and oxygen atoms in total. The number of carbonyl (C=O) groups excluding carboxylic acids is 2. The van der Waals surface area contributed by atoms with Crippen LogP contribution < -0.4 is 10.2 Å². The first-order valence-electron chi connectivity index (χ1n) is 9.23. The maximum Gasteiger partial charge on any atom is 0.238 e. The van der Waals surface area contributed by atoms with E-state index in [1.165, 1.54) is 23.9 Å². The summed E-state index contributed by atoms with van der Waals surface area (Å²) in [6.07, 6.45) is 0.308. The molecule has 0 saturated carbocycles. The minimum atomic E-state index is -0.373. The molecule has 1 aliphatic heterocycles. The third-order valence-corrected chi connectivity index (χ3v) is 5.85. The summed E-state index contributed by atoms with van der Waals surface area (Å²) in [4.78, 5) is 26.2. The van der Waals surface area contributed by atoms with Gasteiger partial charge in [-0.3, -0.25) is 14.5 Å². The number of nitrogens with one attached hydrogen (secondary N) is 1. The summed E-state index contributed by atoms with van der Waals surface area (Å²) in [5.74, 6) is -0.166. The quantitative estimate of drug-likeness (QED) is 0.663. The Morgan fingerprint density at radius 2 is 1.79 bits per heavy atom. The van der Waals surface area contributed by atoms with Crippen molar-refractivity contribution in [1.29, 1.82) is 0 Å². The van der Waals surface area contributed by atoms with E-state index < -0.39 is 0 Å². The summed E-state index contributed by atoms with van der Waals surface area (Å²) in [5, 5.41) is 2.67. The van der Waals surface area contributed by atoms with Crippen molar-refractivity contribution in [3.05, 3.63) is 95.8 Å². The SMILES string of the molecule is O=C(Cc1ccccc1)Nc1ccc([C@H]2SCC(=O)N2c2cccc(F)c2)cc1. The largest absolute Gasteiger partial charge is 0.326 e. The fourth-order valence-corrected chi connectivity index (χ4v) is 4.47. The van der Waals surface area contributed by atoms with Crippen molar-refractivity contribution in [2.45, 2.75) is 11.8 Å². The highest BCUT2D eigenvalue weighted by atomic mass is 32.2. The first-order chi connectivity index (χ1) is 14.1. The van der Waals surface area contributed by atoms with Crippen LogP contribution in [0, 0.1) is 5.82 Å². The molecule has 1 atom stereocenters. The van der Waals surface area contributed by atoms with Crippen LogP contribution in [0.4, 0.5) is 15.8 Å². The van der Waals surface area contributed by atoms with Gasteiger partial charge in [0.05, 0.1) is 12.2 Å². The second-order valence-corrected chi connectivity index (χ2v) is 7.81. The van der Waals surface area contributed by atoms with Gasteiger partial charge in [-0.05, 0) is 41.5 Å². The lowest BCUT2D eigenvalue weighted by Crippen LogP contribution is -2.27. The molecule has 3 aromatic carbocycles. The molecule has 0 unspecified atom stereocenters. The minimum Gasteiger partial charge on any atom is -0.326 e. The number of nitrogens with zero attached hydrogens (tertiary/aromatic N) is 1. The van der Waals surface area contributed by atoms with Crippen molar-refractivity contribution in [1.82, 2.24) is 0 Å². The molecular weight excluding hydrogens is 387 g/mol. The number of carbonyl (C=O) groups is 2. The zero-order valence-electron chi connectivity index (χ0n) is 15.5. The van der Waals surface area contributed by atoms with Gasteiger partial charge in [0.25, 0.3) is 0 Å². The molecule has 1 N–H and O–H groups in total. The lowest BCUT2D eigenvalue weighted by atomic mass is 10.1. The Morgan fingerprint density at radius 1 is 1.03 bits per heavy atom. The summed E-state index contributed by atoms with van der Waals surface area (Å²) >= 11 is 1.50. The van der Waals surface area contributed by atoms with E-state index in [0.29, 0.717) is 23.5 Å². The van der Waals surface area contributed by atoms with Gasteiger partial charge in [-0.15, -0.1) is 11.8 Å². The Balaban J connectivity index is 1.47. The van der Waals surface area contributed by atoms with Gasteiger partial charge < -0.3 is 5.32 Å². The topological polar surface area (TPSA) is 49.4 Å². The molecule has 1 heterocycles. The Morgan fingerprint density at radius 3 is 2.52 bits per heavy atom. The molecule has 0 spiro atoms. The predicted molar refractivity (Wildman–Crippen MR) is 114 cm³/mol. The van der Waals surface area contributed by atoms with E-state index in [1.54, 1.807) is 17.0 Å². The molecule has 3 aromatic rings. The lowest BCUT2D eigenvalue weighted by Gasteiger charge is -2.24. The van der Waals surface area contributed by atoms with Gasteiger partial charge in [0.15, 0.2) is 0 Å². The Labute approximate surface area is 172 Å². The van der Waals surface area contributed by atoms with Gasteiger partial charge in [0.2, 0.25) is 11.8 Å². The molecule has 1 aliphatic rings. The summed E-state index contributed by atoms with van der Waals surface area (Å²) in [7, 11) is 0. The zero-order chi connectivity index (χ0) is 20.2. The van der Waals surface area contributed by atoms with Gasteiger partial charge in [0.1, 0.15) is 11.2 Å². The lowest BCUT2D eigenvalue weighted by molar-refractivity contribution is -0.116. The van der Waals surface area contributed by atoms with Crippen molar-refractivity contribution >= 4 is 35.0 Å². The summed E-state index contributed by atoms with van der Waals surface area (Å²) in [6.45, 7) is 0. The number of benzene rings is 3. The normalized spacial score (nSPS) is 16.1. The van der Waals surface area contributed by atoms with Crippen LogP contribution in [0.15, 0.2) is 78.9 Å². The van der Waals surface area contributed by atoms with Crippen LogP contribution in [0.25, 0.3) is 0 Å². The molecule has 4 rings (SSSR count). The molecule has 146 valence electrons. The highest BCUT2D eigenvalue weighted by Crippen LogP contribution is 2.42. The van der Waals surface area contributed by atoms with Gasteiger partial charge in [-0.25, -0.2) is 4.39 Å². The van der Waals surface area contributed by atoms with Crippen molar-refractivity contribution in [3.63, 3.8) is 0 Å². The fourth-order valence-electron chi connectivity index (χ4n) is 3.29. The maximum absolute atomic E-state index is 13.6. The van der Waals surface area contributed by atoms with E-state index in [1.807, 2.05) is 54.6 Å². The van der Waals surface area contributed by atoms with E-state index in [4.69, 9.17) is 0 Å². The standard InChI is InChI=1S/C23H19FN2O2S/c24-18-7-4-8-20(14-18)26-22(28)15-29-23(26)17-9-11-19(12-10-17)25-21(27)13-16-5-2-1-3-6-16/h1-12,14,23H,13,15H2,(H,25,27)/t23-/m1/s1. The minimum absolute atomic E-state index is 0.0501. The first-order valence-corrected chi connectivity index (χ1v) is 10.3. The molecule has 6 heteroatoms. The second kappa shape index (κ2) is 8.49. The number of thioether (sulfide) groups is 1. The molecular formula is C23H19FN2O2S. The van der Waals surface area contributed by atoms with Crippen LogP contribution in [0.1, 0.15) is 16.5 Å². The van der Waals surface area contributed by atoms with E-state index in [-0.39, 0.29) is 23.0 Å². The predicted octanol–water partition coefficient (Wildman–Crippen LogP) is 4.79. The molecule has 0 aliphatic carbocycles. The first kappa shape index (κ1) is 19.2. The van der Waals surface area contributed by atoms with Crippen LogP contribution in [0.2, 0.25) is 0 Å². The summed E-state index contributed by atoms with van der Waals surface area (Å²) in [5.41, 5.74) is 3.12. The fraction of sp³-hybridized carbons (Fsp3) is 0.130. The maximum atomic E-state index is 13.6. The van der Waals surface area contributed by atoms with Crippen molar-refractivity contribution < 1.29 is 14.0 Å². The highest BCUT2D eigenvalue weighted by Gasteiger charge is 2.34. The Hall–Kier alpha value is -3.12. The van der Waals surface area contributed by atoms with Gasteiger partial charge in [-0.1, -0.05) is 48.5 Å². The molecule has 1 saturated heterocycles. The van der Waals surface area contributed by atoms with Crippen LogP contribution in [-0.4, -0.2) is 17.6 Å². The molecule has 2 amide bonds.